The largest absolute Gasteiger partial charge is 0.483 e. The van der Waals surface area contributed by atoms with Gasteiger partial charge in [0.2, 0.25) is 0 Å². The van der Waals surface area contributed by atoms with E-state index in [1.54, 1.807) is 0 Å². The predicted octanol–water partition coefficient (Wildman–Crippen LogP) is 2.22. The van der Waals surface area contributed by atoms with Gasteiger partial charge in [0.05, 0.1) is 11.8 Å². The second-order valence-corrected chi connectivity index (χ2v) is 8.63. The molecule has 4 atom stereocenters. The summed E-state index contributed by atoms with van der Waals surface area (Å²) in [5.41, 5.74) is 2.02. The van der Waals surface area contributed by atoms with E-state index in [4.69, 9.17) is 19.8 Å². The number of aliphatic hydroxyl groups excluding tert-OH is 1. The highest BCUT2D eigenvalue weighted by molar-refractivity contribution is 5.59. The molecule has 0 unspecified atom stereocenters. The van der Waals surface area contributed by atoms with Crippen molar-refractivity contribution >= 4 is 18.8 Å². The van der Waals surface area contributed by atoms with Gasteiger partial charge in [-0.25, -0.2) is 0 Å². The number of aliphatic hydroxyl groups is 1. The van der Waals surface area contributed by atoms with E-state index < -0.39 is 0 Å². The number of benzene rings is 1. The number of carboxylic acid groups (broad SMARTS) is 2. The standard InChI is InChI=1S/C22H28N4O.2CH2O2/c27-21-13-18-15-26(14-17(18)12-20(21)25-10-4-5-11-25)22-9-8-19(23-24-22)16-6-2-1-3-7-16;2*2-1-3/h1-3,6-9,17-18,20-21,27H,4-5,10-15H2;2*1H,(H,2,3)/t17-,18+,20-,21-;;/m1../s1. The lowest BCUT2D eigenvalue weighted by Crippen LogP contribution is -2.48. The van der Waals surface area contributed by atoms with Gasteiger partial charge in [-0.2, -0.15) is 0 Å². The number of aromatic nitrogens is 2. The van der Waals surface area contributed by atoms with Crippen molar-refractivity contribution in [2.45, 2.75) is 37.8 Å². The van der Waals surface area contributed by atoms with Crippen LogP contribution in [0.2, 0.25) is 0 Å². The minimum Gasteiger partial charge on any atom is -0.483 e. The van der Waals surface area contributed by atoms with Gasteiger partial charge in [-0.3, -0.25) is 14.5 Å². The van der Waals surface area contributed by atoms with Crippen LogP contribution >= 0.6 is 0 Å². The highest BCUT2D eigenvalue weighted by Crippen LogP contribution is 2.40. The Kier molecular flexibility index (Phi) is 9.14. The van der Waals surface area contributed by atoms with Crippen LogP contribution in [0.3, 0.4) is 0 Å². The average Bonchev–Trinajstić information content (AvgIpc) is 3.50. The summed E-state index contributed by atoms with van der Waals surface area (Å²) in [5, 5.41) is 33.5. The second-order valence-electron chi connectivity index (χ2n) is 8.63. The topological polar surface area (TPSA) is 127 Å². The van der Waals surface area contributed by atoms with Crippen LogP contribution in [0.1, 0.15) is 25.7 Å². The van der Waals surface area contributed by atoms with Gasteiger partial charge in [-0.1, -0.05) is 30.3 Å². The van der Waals surface area contributed by atoms with E-state index in [0.29, 0.717) is 17.9 Å². The van der Waals surface area contributed by atoms with E-state index in [0.717, 1.165) is 56.1 Å². The molecule has 9 nitrogen and oxygen atoms in total. The molecule has 0 amide bonds. The molecule has 1 aliphatic carbocycles. The fourth-order valence-corrected chi connectivity index (χ4v) is 5.32. The predicted molar refractivity (Wildman–Crippen MR) is 124 cm³/mol. The Bertz CT molecular complexity index is 855. The molecule has 1 aromatic carbocycles. The van der Waals surface area contributed by atoms with Crippen LogP contribution in [0.5, 0.6) is 0 Å². The number of fused-ring (bicyclic) bond motifs is 1. The van der Waals surface area contributed by atoms with Crippen molar-refractivity contribution in [3.05, 3.63) is 42.5 Å². The van der Waals surface area contributed by atoms with Crippen molar-refractivity contribution in [1.82, 2.24) is 15.1 Å². The Morgan fingerprint density at radius 2 is 1.45 bits per heavy atom. The summed E-state index contributed by atoms with van der Waals surface area (Å²) >= 11 is 0. The number of anilines is 1. The molecule has 2 saturated heterocycles. The number of hydrogen-bond donors (Lipinski definition) is 3. The molecule has 33 heavy (non-hydrogen) atoms. The third kappa shape index (κ3) is 6.27. The molecule has 1 aromatic heterocycles. The Labute approximate surface area is 193 Å². The molecule has 0 radical (unpaired) electrons. The van der Waals surface area contributed by atoms with Crippen LogP contribution in [0.4, 0.5) is 5.82 Å². The van der Waals surface area contributed by atoms with Crippen molar-refractivity contribution in [2.24, 2.45) is 11.8 Å². The van der Waals surface area contributed by atoms with Crippen molar-refractivity contribution in [2.75, 3.05) is 31.1 Å². The van der Waals surface area contributed by atoms with Gasteiger partial charge in [0.15, 0.2) is 5.82 Å². The molecule has 178 valence electrons. The molecule has 0 bridgehead atoms. The summed E-state index contributed by atoms with van der Waals surface area (Å²) in [4.78, 5) is 21.6. The summed E-state index contributed by atoms with van der Waals surface area (Å²) in [5.74, 6) is 2.21. The van der Waals surface area contributed by atoms with Crippen molar-refractivity contribution in [3.8, 4) is 11.3 Å². The second kappa shape index (κ2) is 12.3. The molecule has 3 aliphatic rings. The summed E-state index contributed by atoms with van der Waals surface area (Å²) in [7, 11) is 0. The molecule has 2 aliphatic heterocycles. The molecule has 1 saturated carbocycles. The van der Waals surface area contributed by atoms with Crippen LogP contribution in [0.25, 0.3) is 11.3 Å². The van der Waals surface area contributed by atoms with Crippen LogP contribution in [0.15, 0.2) is 42.5 Å². The van der Waals surface area contributed by atoms with Gasteiger partial charge in [-0.15, -0.1) is 10.2 Å². The van der Waals surface area contributed by atoms with Gasteiger partial charge in [-0.05, 0) is 62.7 Å². The molecule has 3 heterocycles. The molecular formula is C24H32N4O5. The highest BCUT2D eigenvalue weighted by atomic mass is 16.3. The summed E-state index contributed by atoms with van der Waals surface area (Å²) in [6.45, 7) is 3.86. The molecule has 0 spiro atoms. The van der Waals surface area contributed by atoms with Gasteiger partial charge < -0.3 is 20.2 Å². The maximum absolute atomic E-state index is 10.7. The smallest absolute Gasteiger partial charge is 0.290 e. The molecule has 2 aromatic rings. The van der Waals surface area contributed by atoms with E-state index in [9.17, 15) is 5.11 Å². The lowest BCUT2D eigenvalue weighted by atomic mass is 9.77. The minimum absolute atomic E-state index is 0.171. The zero-order chi connectivity index (χ0) is 23.6. The number of carbonyl (C=O) groups is 2. The first-order valence-electron chi connectivity index (χ1n) is 11.3. The van der Waals surface area contributed by atoms with E-state index >= 15 is 0 Å². The fraction of sp³-hybridized carbons (Fsp3) is 0.500. The number of likely N-dealkylation sites (tertiary alicyclic amines) is 1. The number of nitrogens with zero attached hydrogens (tertiary/aromatic N) is 4. The Morgan fingerprint density at radius 3 is 2.03 bits per heavy atom. The quantitative estimate of drug-likeness (QED) is 0.596. The first-order valence-corrected chi connectivity index (χ1v) is 11.3. The fourth-order valence-electron chi connectivity index (χ4n) is 5.32. The summed E-state index contributed by atoms with van der Waals surface area (Å²) in [6, 6.07) is 14.7. The van der Waals surface area contributed by atoms with Crippen LogP contribution in [-0.4, -0.2) is 81.7 Å². The Hall–Kier alpha value is -3.04. The van der Waals surface area contributed by atoms with Gasteiger partial charge in [0.25, 0.3) is 12.9 Å². The molecule has 3 fully saturated rings. The lowest BCUT2D eigenvalue weighted by Gasteiger charge is -2.40. The molecule has 9 heteroatoms. The lowest BCUT2D eigenvalue weighted by molar-refractivity contribution is -0.123. The van der Waals surface area contributed by atoms with Crippen LogP contribution in [0, 0.1) is 11.8 Å². The maximum Gasteiger partial charge on any atom is 0.290 e. The Morgan fingerprint density at radius 1 is 0.848 bits per heavy atom. The maximum atomic E-state index is 10.7. The average molecular weight is 457 g/mol. The van der Waals surface area contributed by atoms with Crippen molar-refractivity contribution in [1.29, 1.82) is 0 Å². The van der Waals surface area contributed by atoms with Gasteiger partial charge >= 0.3 is 0 Å². The summed E-state index contributed by atoms with van der Waals surface area (Å²) in [6.07, 6.45) is 4.45. The van der Waals surface area contributed by atoms with Crippen molar-refractivity contribution in [3.63, 3.8) is 0 Å². The van der Waals surface area contributed by atoms with E-state index in [2.05, 4.69) is 44.3 Å². The van der Waals surface area contributed by atoms with E-state index in [1.165, 1.54) is 12.8 Å². The first kappa shape index (κ1) is 24.6. The zero-order valence-electron chi connectivity index (χ0n) is 18.6. The molecular weight excluding hydrogens is 424 g/mol. The van der Waals surface area contributed by atoms with Gasteiger partial charge in [0.1, 0.15) is 0 Å². The molecule has 5 rings (SSSR count). The van der Waals surface area contributed by atoms with Crippen LogP contribution in [-0.2, 0) is 9.59 Å². The number of hydrogen-bond acceptors (Lipinski definition) is 7. The van der Waals surface area contributed by atoms with E-state index in [1.807, 2.05) is 18.2 Å². The van der Waals surface area contributed by atoms with Crippen molar-refractivity contribution < 1.29 is 24.9 Å². The first-order chi connectivity index (χ1) is 16.1. The zero-order valence-corrected chi connectivity index (χ0v) is 18.6. The Balaban J connectivity index is 0.000000464. The van der Waals surface area contributed by atoms with Gasteiger partial charge in [0, 0.05) is 24.7 Å². The number of rotatable bonds is 3. The third-order valence-corrected chi connectivity index (χ3v) is 6.76. The molecule has 3 N–H and O–H groups in total. The highest BCUT2D eigenvalue weighted by Gasteiger charge is 2.44. The summed E-state index contributed by atoms with van der Waals surface area (Å²) < 4.78 is 0. The normalized spacial score (nSPS) is 26.3. The van der Waals surface area contributed by atoms with E-state index in [-0.39, 0.29) is 19.0 Å². The minimum atomic E-state index is -0.250. The third-order valence-electron chi connectivity index (χ3n) is 6.76. The SMILES string of the molecule is O=CO.O=CO.O[C@@H]1C[C@H]2CN(c3ccc(-c4ccccc4)nn3)C[C@H]2C[C@H]1N1CCCC1. The van der Waals surface area contributed by atoms with Crippen LogP contribution < -0.4 is 4.90 Å². The monoisotopic (exact) mass is 456 g/mol.